The predicted octanol–water partition coefficient (Wildman–Crippen LogP) is 3.90. The van der Waals surface area contributed by atoms with Crippen molar-refractivity contribution in [2.75, 3.05) is 0 Å². The Hall–Kier alpha value is -0.280. The highest BCUT2D eigenvalue weighted by Gasteiger charge is 2.16. The van der Waals surface area contributed by atoms with Gasteiger partial charge in [-0.2, -0.15) is 0 Å². The van der Waals surface area contributed by atoms with Crippen LogP contribution in [-0.4, -0.2) is 5.11 Å². The molecule has 14 heavy (non-hydrogen) atoms. The smallest absolute Gasteiger partial charge is 0.169 e. The molecular formula is C11H17BrO2. The SMILES string of the molecule is CCC(CC)CC(O)c1ccc(Br)o1. The lowest BCUT2D eigenvalue weighted by atomic mass is 9.95. The molecule has 0 radical (unpaired) electrons. The van der Waals surface area contributed by atoms with Crippen molar-refractivity contribution in [2.24, 2.45) is 5.92 Å². The Balaban J connectivity index is 2.53. The van der Waals surface area contributed by atoms with Gasteiger partial charge in [-0.05, 0) is 40.4 Å². The molecule has 0 spiro atoms. The van der Waals surface area contributed by atoms with E-state index >= 15 is 0 Å². The summed E-state index contributed by atoms with van der Waals surface area (Å²) in [6.07, 6.45) is 2.53. The minimum absolute atomic E-state index is 0.466. The van der Waals surface area contributed by atoms with E-state index in [1.807, 2.05) is 12.1 Å². The second-order valence-corrected chi connectivity index (χ2v) is 4.36. The molecule has 0 aliphatic heterocycles. The largest absolute Gasteiger partial charge is 0.452 e. The van der Waals surface area contributed by atoms with Crippen LogP contribution in [0.4, 0.5) is 0 Å². The van der Waals surface area contributed by atoms with Gasteiger partial charge in [0, 0.05) is 0 Å². The first-order valence-corrected chi connectivity index (χ1v) is 5.89. The lowest BCUT2D eigenvalue weighted by Crippen LogP contribution is -2.05. The fraction of sp³-hybridized carbons (Fsp3) is 0.636. The molecular weight excluding hydrogens is 244 g/mol. The normalized spacial score (nSPS) is 13.5. The van der Waals surface area contributed by atoms with Crippen LogP contribution in [0.3, 0.4) is 0 Å². The highest BCUT2D eigenvalue weighted by atomic mass is 79.9. The standard InChI is InChI=1S/C11H17BrO2/c1-3-8(4-2)7-9(13)10-5-6-11(12)14-10/h5-6,8-9,13H,3-4,7H2,1-2H3. The Labute approximate surface area is 93.4 Å². The second kappa shape index (κ2) is 5.56. The van der Waals surface area contributed by atoms with Gasteiger partial charge in [-0.15, -0.1) is 0 Å². The van der Waals surface area contributed by atoms with Crippen molar-refractivity contribution in [3.63, 3.8) is 0 Å². The van der Waals surface area contributed by atoms with E-state index in [-0.39, 0.29) is 0 Å². The number of aliphatic hydroxyl groups is 1. The average molecular weight is 261 g/mol. The van der Waals surface area contributed by atoms with Crippen LogP contribution in [0.2, 0.25) is 0 Å². The molecule has 3 heteroatoms. The third-order valence-corrected chi connectivity index (χ3v) is 3.06. The molecule has 1 unspecified atom stereocenters. The second-order valence-electron chi connectivity index (χ2n) is 3.58. The van der Waals surface area contributed by atoms with Crippen molar-refractivity contribution in [1.29, 1.82) is 0 Å². The first-order chi connectivity index (χ1) is 6.67. The summed E-state index contributed by atoms with van der Waals surface area (Å²) in [5, 5.41) is 9.85. The van der Waals surface area contributed by atoms with Gasteiger partial charge in [0.2, 0.25) is 0 Å². The number of furan rings is 1. The molecule has 80 valence electrons. The summed E-state index contributed by atoms with van der Waals surface area (Å²) in [6.45, 7) is 4.30. The molecule has 0 aromatic carbocycles. The van der Waals surface area contributed by atoms with Gasteiger partial charge in [-0.3, -0.25) is 0 Å². The summed E-state index contributed by atoms with van der Waals surface area (Å²) in [4.78, 5) is 0. The molecule has 0 amide bonds. The lowest BCUT2D eigenvalue weighted by molar-refractivity contribution is 0.116. The van der Waals surface area contributed by atoms with Crippen LogP contribution in [0.5, 0.6) is 0 Å². The molecule has 1 aromatic rings. The quantitative estimate of drug-likeness (QED) is 0.871. The van der Waals surface area contributed by atoms with E-state index in [9.17, 15) is 5.11 Å². The van der Waals surface area contributed by atoms with E-state index < -0.39 is 6.10 Å². The van der Waals surface area contributed by atoms with Crippen LogP contribution in [0.1, 0.15) is 45.0 Å². The third-order valence-electron chi connectivity index (χ3n) is 2.63. The van der Waals surface area contributed by atoms with Gasteiger partial charge < -0.3 is 9.52 Å². The van der Waals surface area contributed by atoms with Crippen molar-refractivity contribution < 1.29 is 9.52 Å². The highest BCUT2D eigenvalue weighted by Crippen LogP contribution is 2.27. The van der Waals surface area contributed by atoms with Crippen LogP contribution in [0.15, 0.2) is 21.2 Å². The van der Waals surface area contributed by atoms with Gasteiger partial charge in [-0.25, -0.2) is 0 Å². The Bertz CT molecular complexity index is 266. The Morgan fingerprint density at radius 1 is 1.36 bits per heavy atom. The van der Waals surface area contributed by atoms with E-state index in [1.54, 1.807) is 0 Å². The minimum Gasteiger partial charge on any atom is -0.452 e. The van der Waals surface area contributed by atoms with E-state index in [1.165, 1.54) is 0 Å². The van der Waals surface area contributed by atoms with Crippen molar-refractivity contribution in [3.05, 3.63) is 22.6 Å². The van der Waals surface area contributed by atoms with Crippen LogP contribution in [0.25, 0.3) is 0 Å². The Morgan fingerprint density at radius 2 is 2.00 bits per heavy atom. The third kappa shape index (κ3) is 3.14. The number of hydrogen-bond donors (Lipinski definition) is 1. The Morgan fingerprint density at radius 3 is 2.43 bits per heavy atom. The van der Waals surface area contributed by atoms with E-state index in [2.05, 4.69) is 29.8 Å². The molecule has 0 saturated carbocycles. The zero-order valence-electron chi connectivity index (χ0n) is 8.66. The van der Waals surface area contributed by atoms with Gasteiger partial charge in [0.15, 0.2) is 4.67 Å². The number of rotatable bonds is 5. The van der Waals surface area contributed by atoms with Crippen LogP contribution < -0.4 is 0 Å². The van der Waals surface area contributed by atoms with Crippen LogP contribution in [0, 0.1) is 5.92 Å². The number of halogens is 1. The predicted molar refractivity (Wildman–Crippen MR) is 60.1 cm³/mol. The van der Waals surface area contributed by atoms with Crippen LogP contribution in [-0.2, 0) is 0 Å². The summed E-state index contributed by atoms with van der Waals surface area (Å²) in [5.74, 6) is 1.23. The Kier molecular flexibility index (Phi) is 4.69. The van der Waals surface area contributed by atoms with Gasteiger partial charge in [0.1, 0.15) is 11.9 Å². The molecule has 0 fully saturated rings. The summed E-state index contributed by atoms with van der Waals surface area (Å²) in [7, 11) is 0. The van der Waals surface area contributed by atoms with Crippen molar-refractivity contribution in [3.8, 4) is 0 Å². The molecule has 2 nitrogen and oxygen atoms in total. The molecule has 1 atom stereocenters. The zero-order chi connectivity index (χ0) is 10.6. The molecule has 0 aliphatic rings. The van der Waals surface area contributed by atoms with Gasteiger partial charge in [-0.1, -0.05) is 26.7 Å². The minimum atomic E-state index is -0.466. The van der Waals surface area contributed by atoms with Gasteiger partial charge in [0.25, 0.3) is 0 Å². The molecule has 1 aromatic heterocycles. The molecule has 1 N–H and O–H groups in total. The first-order valence-electron chi connectivity index (χ1n) is 5.10. The fourth-order valence-electron chi connectivity index (χ4n) is 1.56. The maximum absolute atomic E-state index is 9.85. The maximum Gasteiger partial charge on any atom is 0.169 e. The number of hydrogen-bond acceptors (Lipinski definition) is 2. The van der Waals surface area contributed by atoms with Crippen molar-refractivity contribution in [2.45, 2.75) is 39.2 Å². The van der Waals surface area contributed by atoms with Crippen LogP contribution >= 0.6 is 15.9 Å². The summed E-state index contributed by atoms with van der Waals surface area (Å²) in [5.41, 5.74) is 0. The molecule has 0 bridgehead atoms. The highest BCUT2D eigenvalue weighted by molar-refractivity contribution is 9.10. The van der Waals surface area contributed by atoms with Gasteiger partial charge in [0.05, 0.1) is 0 Å². The number of aliphatic hydroxyl groups excluding tert-OH is 1. The van der Waals surface area contributed by atoms with E-state index in [0.29, 0.717) is 16.3 Å². The first kappa shape index (κ1) is 11.8. The molecule has 1 rings (SSSR count). The molecule has 0 aliphatic carbocycles. The summed E-state index contributed by atoms with van der Waals surface area (Å²) >= 11 is 3.22. The summed E-state index contributed by atoms with van der Waals surface area (Å²) < 4.78 is 5.98. The van der Waals surface area contributed by atoms with E-state index in [4.69, 9.17) is 4.42 Å². The fourth-order valence-corrected chi connectivity index (χ4v) is 1.88. The average Bonchev–Trinajstić information content (AvgIpc) is 2.61. The van der Waals surface area contributed by atoms with Crippen molar-refractivity contribution in [1.82, 2.24) is 0 Å². The van der Waals surface area contributed by atoms with E-state index in [0.717, 1.165) is 19.3 Å². The maximum atomic E-state index is 9.85. The zero-order valence-corrected chi connectivity index (χ0v) is 10.3. The monoisotopic (exact) mass is 260 g/mol. The van der Waals surface area contributed by atoms with Crippen molar-refractivity contribution >= 4 is 15.9 Å². The lowest BCUT2D eigenvalue weighted by Gasteiger charge is -2.15. The van der Waals surface area contributed by atoms with Gasteiger partial charge >= 0.3 is 0 Å². The molecule has 0 saturated heterocycles. The summed E-state index contributed by atoms with van der Waals surface area (Å²) in [6, 6.07) is 3.63. The topological polar surface area (TPSA) is 33.4 Å². The molecule has 1 heterocycles.